The number of fused-ring (bicyclic) bond motifs is 2. The fraction of sp³-hybridized carbons (Fsp3) is 0.571. The standard InChI is InChI=1S/C21H28N4OS/c1-13-3-6-16(7-4-13)20-23-24-21(27)25(20)10-9-19(26)22-14(2)18-12-15-5-8-17(18)11-15/h3-4,6-7,14-15,17-18H,5,8-12H2,1-2H3,(H,22,26)(H,24,27)/t14-,15-,17-,18+/m0/s1. The number of nitrogens with one attached hydrogen (secondary N) is 2. The van der Waals surface area contributed by atoms with Gasteiger partial charge in [-0.2, -0.15) is 5.10 Å². The van der Waals surface area contributed by atoms with Crippen LogP contribution in [0.25, 0.3) is 11.4 Å². The second-order valence-electron chi connectivity index (χ2n) is 8.31. The molecule has 0 spiro atoms. The lowest BCUT2D eigenvalue weighted by atomic mass is 9.84. The number of amides is 1. The van der Waals surface area contributed by atoms with Gasteiger partial charge in [-0.3, -0.25) is 14.5 Å². The van der Waals surface area contributed by atoms with Crippen LogP contribution in [0.5, 0.6) is 0 Å². The Labute approximate surface area is 165 Å². The van der Waals surface area contributed by atoms with Crippen molar-refractivity contribution in [2.75, 3.05) is 0 Å². The third-order valence-corrected chi connectivity index (χ3v) is 6.77. The van der Waals surface area contributed by atoms with Crippen LogP contribution in [0.4, 0.5) is 0 Å². The number of carbonyl (C=O) groups is 1. The number of carbonyl (C=O) groups excluding carboxylic acids is 1. The maximum Gasteiger partial charge on any atom is 0.222 e. The number of aromatic amines is 1. The van der Waals surface area contributed by atoms with Crippen molar-refractivity contribution in [1.82, 2.24) is 20.1 Å². The van der Waals surface area contributed by atoms with Crippen LogP contribution in [0.1, 0.15) is 44.6 Å². The monoisotopic (exact) mass is 384 g/mol. The number of nitrogens with zero attached hydrogens (tertiary/aromatic N) is 2. The summed E-state index contributed by atoms with van der Waals surface area (Å²) in [6, 6.07) is 8.45. The summed E-state index contributed by atoms with van der Waals surface area (Å²) in [5.74, 6) is 3.27. The third-order valence-electron chi connectivity index (χ3n) is 6.45. The van der Waals surface area contributed by atoms with Crippen LogP contribution >= 0.6 is 12.2 Å². The summed E-state index contributed by atoms with van der Waals surface area (Å²) in [7, 11) is 0. The predicted octanol–water partition coefficient (Wildman–Crippen LogP) is 4.25. The number of aromatic nitrogens is 3. The summed E-state index contributed by atoms with van der Waals surface area (Å²) in [6.45, 7) is 4.76. The zero-order chi connectivity index (χ0) is 19.0. The molecule has 1 heterocycles. The van der Waals surface area contributed by atoms with Gasteiger partial charge in [0.25, 0.3) is 0 Å². The van der Waals surface area contributed by atoms with E-state index in [0.29, 0.717) is 23.7 Å². The molecule has 27 heavy (non-hydrogen) atoms. The first-order chi connectivity index (χ1) is 13.0. The molecule has 0 saturated heterocycles. The minimum absolute atomic E-state index is 0.100. The van der Waals surface area contributed by atoms with Crippen LogP contribution in [0, 0.1) is 29.4 Å². The Balaban J connectivity index is 1.37. The molecule has 4 atom stereocenters. The topological polar surface area (TPSA) is 62.7 Å². The lowest BCUT2D eigenvalue weighted by Crippen LogP contribution is -2.40. The summed E-state index contributed by atoms with van der Waals surface area (Å²) in [5, 5.41) is 10.5. The molecule has 2 aromatic rings. The molecule has 0 radical (unpaired) electrons. The molecule has 0 unspecified atom stereocenters. The molecular formula is C21H28N4OS. The van der Waals surface area contributed by atoms with Crippen LogP contribution in [-0.4, -0.2) is 26.7 Å². The molecule has 2 N–H and O–H groups in total. The van der Waals surface area contributed by atoms with Gasteiger partial charge in [0, 0.05) is 24.6 Å². The number of rotatable bonds is 6. The van der Waals surface area contributed by atoms with Crippen LogP contribution < -0.4 is 5.32 Å². The molecule has 2 saturated carbocycles. The summed E-state index contributed by atoms with van der Waals surface area (Å²) >= 11 is 5.37. The van der Waals surface area contributed by atoms with Crippen molar-refractivity contribution in [2.24, 2.45) is 17.8 Å². The lowest BCUT2D eigenvalue weighted by molar-refractivity contribution is -0.122. The van der Waals surface area contributed by atoms with Gasteiger partial charge in [-0.05, 0) is 63.1 Å². The Morgan fingerprint density at radius 3 is 2.78 bits per heavy atom. The highest BCUT2D eigenvalue weighted by molar-refractivity contribution is 7.71. The van der Waals surface area contributed by atoms with Crippen molar-refractivity contribution < 1.29 is 4.79 Å². The maximum atomic E-state index is 12.5. The van der Waals surface area contributed by atoms with E-state index in [0.717, 1.165) is 23.2 Å². The van der Waals surface area contributed by atoms with Crippen molar-refractivity contribution >= 4 is 18.1 Å². The van der Waals surface area contributed by atoms with E-state index in [9.17, 15) is 4.79 Å². The first-order valence-corrected chi connectivity index (χ1v) is 10.4. The summed E-state index contributed by atoms with van der Waals surface area (Å²) in [5.41, 5.74) is 2.21. The summed E-state index contributed by atoms with van der Waals surface area (Å²) in [6.07, 6.45) is 5.81. The highest BCUT2D eigenvalue weighted by atomic mass is 32.1. The van der Waals surface area contributed by atoms with Gasteiger partial charge in [-0.25, -0.2) is 0 Å². The van der Waals surface area contributed by atoms with Gasteiger partial charge in [0.15, 0.2) is 10.6 Å². The first kappa shape index (κ1) is 18.4. The van der Waals surface area contributed by atoms with E-state index in [2.05, 4.69) is 41.5 Å². The van der Waals surface area contributed by atoms with E-state index < -0.39 is 0 Å². The quantitative estimate of drug-likeness (QED) is 0.732. The van der Waals surface area contributed by atoms with Crippen LogP contribution in [0.15, 0.2) is 24.3 Å². The van der Waals surface area contributed by atoms with E-state index in [-0.39, 0.29) is 11.9 Å². The van der Waals surface area contributed by atoms with E-state index in [1.165, 1.54) is 31.2 Å². The fourth-order valence-electron chi connectivity index (χ4n) is 5.00. The SMILES string of the molecule is Cc1ccc(-c2n[nH]c(=S)n2CCC(=O)N[C@@H](C)[C@H]2C[C@H]3CC[C@H]2C3)cc1. The minimum Gasteiger partial charge on any atom is -0.353 e. The normalized spacial score (nSPS) is 24.9. The molecule has 2 fully saturated rings. The lowest BCUT2D eigenvalue weighted by Gasteiger charge is -2.28. The molecule has 4 rings (SSSR count). The molecule has 5 nitrogen and oxygen atoms in total. The molecular weight excluding hydrogens is 356 g/mol. The highest BCUT2D eigenvalue weighted by Gasteiger charge is 2.42. The maximum absolute atomic E-state index is 12.5. The van der Waals surface area contributed by atoms with Crippen LogP contribution in [-0.2, 0) is 11.3 Å². The number of hydrogen-bond acceptors (Lipinski definition) is 3. The fourth-order valence-corrected chi connectivity index (χ4v) is 5.22. The van der Waals surface area contributed by atoms with Crippen molar-refractivity contribution in [3.8, 4) is 11.4 Å². The summed E-state index contributed by atoms with van der Waals surface area (Å²) < 4.78 is 2.47. The molecule has 2 aliphatic carbocycles. The first-order valence-electron chi connectivity index (χ1n) is 10.0. The van der Waals surface area contributed by atoms with Gasteiger partial charge in [-0.1, -0.05) is 36.2 Å². The Kier molecular flexibility index (Phi) is 5.17. The van der Waals surface area contributed by atoms with E-state index in [4.69, 9.17) is 12.2 Å². The minimum atomic E-state index is 0.100. The van der Waals surface area contributed by atoms with Crippen LogP contribution in [0.3, 0.4) is 0 Å². The summed E-state index contributed by atoms with van der Waals surface area (Å²) in [4.78, 5) is 12.5. The molecule has 2 aliphatic rings. The second kappa shape index (κ2) is 7.58. The average Bonchev–Trinajstić information content (AvgIpc) is 3.36. The van der Waals surface area contributed by atoms with E-state index >= 15 is 0 Å². The van der Waals surface area contributed by atoms with Crippen molar-refractivity contribution in [1.29, 1.82) is 0 Å². The Morgan fingerprint density at radius 1 is 1.33 bits per heavy atom. The van der Waals surface area contributed by atoms with E-state index in [1.807, 2.05) is 16.7 Å². The Morgan fingerprint density at radius 2 is 2.11 bits per heavy atom. The number of H-pyrrole nitrogens is 1. The van der Waals surface area contributed by atoms with Crippen molar-refractivity contribution in [3.63, 3.8) is 0 Å². The number of aryl methyl sites for hydroxylation is 1. The van der Waals surface area contributed by atoms with E-state index in [1.54, 1.807) is 0 Å². The molecule has 1 aromatic heterocycles. The molecule has 1 amide bonds. The number of hydrogen-bond donors (Lipinski definition) is 2. The Hall–Kier alpha value is -1.95. The zero-order valence-corrected chi connectivity index (χ0v) is 16.9. The second-order valence-corrected chi connectivity index (χ2v) is 8.70. The van der Waals surface area contributed by atoms with Gasteiger partial charge in [0.2, 0.25) is 5.91 Å². The van der Waals surface area contributed by atoms with Gasteiger partial charge < -0.3 is 5.32 Å². The Bertz CT molecular complexity index is 869. The van der Waals surface area contributed by atoms with Crippen LogP contribution in [0.2, 0.25) is 0 Å². The molecule has 0 aliphatic heterocycles. The smallest absolute Gasteiger partial charge is 0.222 e. The largest absolute Gasteiger partial charge is 0.353 e. The highest BCUT2D eigenvalue weighted by Crippen LogP contribution is 2.49. The van der Waals surface area contributed by atoms with Crippen molar-refractivity contribution in [2.45, 2.75) is 58.5 Å². The average molecular weight is 385 g/mol. The molecule has 1 aromatic carbocycles. The predicted molar refractivity (Wildman–Crippen MR) is 109 cm³/mol. The molecule has 144 valence electrons. The molecule has 2 bridgehead atoms. The van der Waals surface area contributed by atoms with Crippen molar-refractivity contribution in [3.05, 3.63) is 34.6 Å². The number of benzene rings is 1. The zero-order valence-electron chi connectivity index (χ0n) is 16.1. The van der Waals surface area contributed by atoms with Gasteiger partial charge in [-0.15, -0.1) is 0 Å². The van der Waals surface area contributed by atoms with Gasteiger partial charge >= 0.3 is 0 Å². The third kappa shape index (κ3) is 3.86. The van der Waals surface area contributed by atoms with Gasteiger partial charge in [0.1, 0.15) is 0 Å². The molecule has 6 heteroatoms. The van der Waals surface area contributed by atoms with Gasteiger partial charge in [0.05, 0.1) is 0 Å².